The van der Waals surface area contributed by atoms with Crippen LogP contribution in [0.3, 0.4) is 0 Å². The Kier molecular flexibility index (Phi) is 11.0. The van der Waals surface area contributed by atoms with Crippen LogP contribution in [-0.4, -0.2) is 42.5 Å². The van der Waals surface area contributed by atoms with E-state index in [2.05, 4.69) is 0 Å². The van der Waals surface area contributed by atoms with Gasteiger partial charge < -0.3 is 0 Å². The van der Waals surface area contributed by atoms with Gasteiger partial charge in [-0.15, -0.1) is 0 Å². The number of hydrogen-bond acceptors (Lipinski definition) is 6. The van der Waals surface area contributed by atoms with Crippen LogP contribution in [0.5, 0.6) is 0 Å². The second-order valence-corrected chi connectivity index (χ2v) is 14.0. The minimum absolute atomic E-state index is 0.129. The molecule has 0 N–H and O–H groups in total. The van der Waals surface area contributed by atoms with E-state index in [-0.39, 0.29) is 31.9 Å². The fraction of sp³-hybridized carbons (Fsp3) is 0.714. The maximum absolute atomic E-state index is 12.8. The number of rotatable bonds is 15. The first-order chi connectivity index (χ1) is 14.0. The minimum atomic E-state index is -3.78. The van der Waals surface area contributed by atoms with Gasteiger partial charge in [-0.05, 0) is 37.5 Å². The maximum atomic E-state index is 12.8. The number of hydrogen-bond donors (Lipinski definition) is 0. The second kappa shape index (κ2) is 12.2. The number of benzene rings is 1. The summed E-state index contributed by atoms with van der Waals surface area (Å²) in [5.41, 5.74) is 0. The molecule has 0 aliphatic heterocycles. The van der Waals surface area contributed by atoms with Gasteiger partial charge in [-0.1, -0.05) is 59.3 Å². The molecule has 0 atom stereocenters. The molecule has 0 spiro atoms. The van der Waals surface area contributed by atoms with Crippen molar-refractivity contribution in [2.45, 2.75) is 93.2 Å². The highest BCUT2D eigenvalue weighted by atomic mass is 32.2. The van der Waals surface area contributed by atoms with Gasteiger partial charge in [0.2, 0.25) is 0 Å². The van der Waals surface area contributed by atoms with E-state index in [4.69, 9.17) is 0 Å². The predicted molar refractivity (Wildman–Crippen MR) is 121 cm³/mol. The Morgan fingerprint density at radius 3 is 0.900 bits per heavy atom. The van der Waals surface area contributed by atoms with E-state index >= 15 is 0 Å². The molecular weight excluding hydrogens is 444 g/mol. The van der Waals surface area contributed by atoms with Crippen molar-refractivity contribution in [2.75, 3.05) is 17.3 Å². The lowest BCUT2D eigenvalue weighted by Crippen LogP contribution is -2.14. The van der Waals surface area contributed by atoms with Crippen molar-refractivity contribution in [2.24, 2.45) is 0 Å². The molecule has 0 radical (unpaired) electrons. The third-order valence-electron chi connectivity index (χ3n) is 4.98. The highest BCUT2D eigenvalue weighted by Gasteiger charge is 2.25. The molecule has 0 unspecified atom stereocenters. The van der Waals surface area contributed by atoms with Gasteiger partial charge in [0, 0.05) is 0 Å². The smallest absolute Gasteiger partial charge is 0.178 e. The van der Waals surface area contributed by atoms with Crippen LogP contribution in [0.15, 0.2) is 32.9 Å². The van der Waals surface area contributed by atoms with Crippen molar-refractivity contribution in [3.63, 3.8) is 0 Å². The van der Waals surface area contributed by atoms with Crippen LogP contribution in [0.25, 0.3) is 0 Å². The molecule has 0 fully saturated rings. The largest absolute Gasteiger partial charge is 0.224 e. The first kappa shape index (κ1) is 27.1. The Balaban J connectivity index is 3.44. The topological polar surface area (TPSA) is 102 Å². The van der Waals surface area contributed by atoms with Crippen LogP contribution >= 0.6 is 0 Å². The molecular formula is C21H36O6S3. The molecule has 6 nitrogen and oxygen atoms in total. The first-order valence-corrected chi connectivity index (χ1v) is 15.8. The Hall–Kier alpha value is -0.930. The van der Waals surface area contributed by atoms with Crippen molar-refractivity contribution >= 4 is 29.5 Å². The summed E-state index contributed by atoms with van der Waals surface area (Å²) in [7, 11) is -11.3. The Bertz CT molecular complexity index is 837. The Labute approximate surface area is 183 Å². The average Bonchev–Trinajstić information content (AvgIpc) is 2.68. The summed E-state index contributed by atoms with van der Waals surface area (Å²) >= 11 is 0. The average molecular weight is 481 g/mol. The fourth-order valence-electron chi connectivity index (χ4n) is 3.06. The van der Waals surface area contributed by atoms with E-state index in [1.54, 1.807) is 0 Å². The normalized spacial score (nSPS) is 12.9. The van der Waals surface area contributed by atoms with Crippen molar-refractivity contribution in [3.05, 3.63) is 18.2 Å². The summed E-state index contributed by atoms with van der Waals surface area (Å²) in [5.74, 6) is -0.388. The molecule has 0 saturated carbocycles. The molecule has 174 valence electrons. The number of sulfone groups is 3. The van der Waals surface area contributed by atoms with E-state index in [0.29, 0.717) is 19.3 Å². The van der Waals surface area contributed by atoms with Gasteiger partial charge in [0.05, 0.1) is 31.9 Å². The maximum Gasteiger partial charge on any atom is 0.178 e. The summed E-state index contributed by atoms with van der Waals surface area (Å²) < 4.78 is 76.8. The molecule has 1 rings (SSSR count). The molecule has 0 heterocycles. The molecule has 9 heteroatoms. The molecule has 0 amide bonds. The van der Waals surface area contributed by atoms with Crippen LogP contribution in [-0.2, 0) is 29.5 Å². The van der Waals surface area contributed by atoms with Crippen molar-refractivity contribution < 1.29 is 25.3 Å². The Morgan fingerprint density at radius 2 is 0.700 bits per heavy atom. The van der Waals surface area contributed by atoms with Crippen molar-refractivity contribution in [3.8, 4) is 0 Å². The predicted octanol–water partition coefficient (Wildman–Crippen LogP) is 4.58. The van der Waals surface area contributed by atoms with Gasteiger partial charge in [0.15, 0.2) is 29.5 Å². The van der Waals surface area contributed by atoms with E-state index in [1.807, 2.05) is 20.8 Å². The highest BCUT2D eigenvalue weighted by molar-refractivity contribution is 7.93. The van der Waals surface area contributed by atoms with Gasteiger partial charge in [0.25, 0.3) is 0 Å². The zero-order valence-corrected chi connectivity index (χ0v) is 20.8. The first-order valence-electron chi connectivity index (χ1n) is 10.8. The second-order valence-electron chi connectivity index (χ2n) is 7.72. The van der Waals surface area contributed by atoms with E-state index in [9.17, 15) is 25.3 Å². The summed E-state index contributed by atoms with van der Waals surface area (Å²) in [6.07, 6.45) is 6.08. The summed E-state index contributed by atoms with van der Waals surface area (Å²) in [5, 5.41) is 0. The van der Waals surface area contributed by atoms with Crippen molar-refractivity contribution in [1.82, 2.24) is 0 Å². The van der Waals surface area contributed by atoms with Crippen LogP contribution in [0, 0.1) is 0 Å². The summed E-state index contributed by atoms with van der Waals surface area (Å²) in [4.78, 5) is -0.655. The summed E-state index contributed by atoms with van der Waals surface area (Å²) in [6.45, 7) is 5.87. The SMILES string of the molecule is CCCCCS(=O)(=O)c1cc(S(=O)(=O)CCCCC)cc(S(=O)(=O)CCCCC)c1. The number of unbranched alkanes of at least 4 members (excludes halogenated alkanes) is 6. The van der Waals surface area contributed by atoms with Gasteiger partial charge in [0.1, 0.15) is 0 Å². The molecule has 30 heavy (non-hydrogen) atoms. The molecule has 0 aromatic heterocycles. The third-order valence-corrected chi connectivity index (χ3v) is 10.3. The zero-order valence-electron chi connectivity index (χ0n) is 18.4. The lowest BCUT2D eigenvalue weighted by Gasteiger charge is -2.12. The lowest BCUT2D eigenvalue weighted by molar-refractivity contribution is 0.586. The highest BCUT2D eigenvalue weighted by Crippen LogP contribution is 2.26. The fourth-order valence-corrected chi connectivity index (χ4v) is 7.59. The molecule has 0 saturated heterocycles. The van der Waals surface area contributed by atoms with Crippen LogP contribution < -0.4 is 0 Å². The van der Waals surface area contributed by atoms with Gasteiger partial charge in [-0.25, -0.2) is 25.3 Å². The van der Waals surface area contributed by atoms with E-state index in [1.165, 1.54) is 0 Å². The molecule has 0 aliphatic rings. The van der Waals surface area contributed by atoms with Crippen LogP contribution in [0.1, 0.15) is 78.6 Å². The summed E-state index contributed by atoms with van der Waals surface area (Å²) in [6, 6.07) is 3.40. The van der Waals surface area contributed by atoms with E-state index in [0.717, 1.165) is 56.7 Å². The van der Waals surface area contributed by atoms with Gasteiger partial charge in [-0.3, -0.25) is 0 Å². The van der Waals surface area contributed by atoms with Gasteiger partial charge >= 0.3 is 0 Å². The van der Waals surface area contributed by atoms with Crippen molar-refractivity contribution in [1.29, 1.82) is 0 Å². The molecule has 0 bridgehead atoms. The lowest BCUT2D eigenvalue weighted by atomic mass is 10.3. The van der Waals surface area contributed by atoms with Crippen LogP contribution in [0.2, 0.25) is 0 Å². The van der Waals surface area contributed by atoms with Gasteiger partial charge in [-0.2, -0.15) is 0 Å². The minimum Gasteiger partial charge on any atom is -0.224 e. The Morgan fingerprint density at radius 1 is 0.467 bits per heavy atom. The molecule has 1 aromatic carbocycles. The zero-order chi connectivity index (χ0) is 22.8. The van der Waals surface area contributed by atoms with E-state index < -0.39 is 29.5 Å². The van der Waals surface area contributed by atoms with Crippen LogP contribution in [0.4, 0.5) is 0 Å². The monoisotopic (exact) mass is 480 g/mol. The quantitative estimate of drug-likeness (QED) is 0.341. The molecule has 0 aliphatic carbocycles. The standard InChI is InChI=1S/C21H36O6S3/c1-4-7-10-13-28(22,23)19-16-20(29(24,25)14-11-8-5-2)18-21(17-19)30(26,27)15-12-9-6-3/h16-18H,4-15H2,1-3H3. The third kappa shape index (κ3) is 8.30. The molecule has 1 aromatic rings.